The van der Waals surface area contributed by atoms with Crippen molar-refractivity contribution in [3.05, 3.63) is 47.5 Å². The molecule has 8 nitrogen and oxygen atoms in total. The molecule has 0 aliphatic heterocycles. The van der Waals surface area contributed by atoms with Crippen molar-refractivity contribution in [1.29, 1.82) is 5.26 Å². The van der Waals surface area contributed by atoms with Gasteiger partial charge < -0.3 is 14.8 Å². The summed E-state index contributed by atoms with van der Waals surface area (Å²) in [5.41, 5.74) is 2.52. The minimum absolute atomic E-state index is 0.155. The molecule has 144 valence electrons. The molecular formula is C19H19ClN6O2. The van der Waals surface area contributed by atoms with Crippen molar-refractivity contribution in [3.63, 3.8) is 0 Å². The molecule has 0 bridgehead atoms. The van der Waals surface area contributed by atoms with Crippen LogP contribution >= 0.6 is 11.6 Å². The van der Waals surface area contributed by atoms with Crippen molar-refractivity contribution in [2.24, 2.45) is 0 Å². The first-order valence-electron chi connectivity index (χ1n) is 8.58. The maximum absolute atomic E-state index is 9.40. The van der Waals surface area contributed by atoms with Crippen molar-refractivity contribution in [3.8, 4) is 22.9 Å². The minimum Gasteiger partial charge on any atom is -0.488 e. The van der Waals surface area contributed by atoms with Crippen LogP contribution in [0.25, 0.3) is 11.1 Å². The maximum Gasteiger partial charge on any atom is 0.227 e. The molecule has 0 spiro atoms. The van der Waals surface area contributed by atoms with Crippen LogP contribution in [0.15, 0.2) is 36.9 Å². The Bertz CT molecular complexity index is 954. The first kappa shape index (κ1) is 19.6. The Morgan fingerprint density at radius 3 is 2.71 bits per heavy atom. The molecule has 0 radical (unpaired) electrons. The van der Waals surface area contributed by atoms with Gasteiger partial charge in [0, 0.05) is 49.9 Å². The Balaban J connectivity index is 1.85. The summed E-state index contributed by atoms with van der Waals surface area (Å²) >= 11 is 6.57. The second-order valence-corrected chi connectivity index (χ2v) is 6.41. The molecule has 0 saturated heterocycles. The lowest BCUT2D eigenvalue weighted by molar-refractivity contribution is 0.135. The fourth-order valence-electron chi connectivity index (χ4n) is 2.51. The van der Waals surface area contributed by atoms with Gasteiger partial charge in [-0.3, -0.25) is 5.10 Å². The third kappa shape index (κ3) is 4.57. The molecule has 0 aliphatic rings. The lowest BCUT2D eigenvalue weighted by atomic mass is 10.1. The average molecular weight is 399 g/mol. The summed E-state index contributed by atoms with van der Waals surface area (Å²) in [5, 5.41) is 19.3. The smallest absolute Gasteiger partial charge is 0.227 e. The summed E-state index contributed by atoms with van der Waals surface area (Å²) in [4.78, 5) is 8.60. The molecular weight excluding hydrogens is 380 g/mol. The summed E-state index contributed by atoms with van der Waals surface area (Å²) in [7, 11) is 1.63. The zero-order valence-corrected chi connectivity index (χ0v) is 16.2. The topological polar surface area (TPSA) is 109 Å². The predicted octanol–water partition coefficient (Wildman–Crippen LogP) is 3.94. The van der Waals surface area contributed by atoms with Crippen LogP contribution < -0.4 is 10.1 Å². The zero-order chi connectivity index (χ0) is 19.9. The Morgan fingerprint density at radius 1 is 1.29 bits per heavy atom. The van der Waals surface area contributed by atoms with E-state index in [4.69, 9.17) is 21.1 Å². The number of hydrogen-bond acceptors (Lipinski definition) is 7. The number of anilines is 2. The lowest BCUT2D eigenvalue weighted by Crippen LogP contribution is -2.15. The van der Waals surface area contributed by atoms with Gasteiger partial charge in [-0.1, -0.05) is 17.7 Å². The van der Waals surface area contributed by atoms with Crippen LogP contribution in [-0.4, -0.2) is 40.0 Å². The van der Waals surface area contributed by atoms with E-state index in [0.717, 1.165) is 5.69 Å². The monoisotopic (exact) mass is 398 g/mol. The van der Waals surface area contributed by atoms with E-state index in [0.29, 0.717) is 46.4 Å². The third-order valence-electron chi connectivity index (χ3n) is 3.98. The number of halogens is 1. The van der Waals surface area contributed by atoms with E-state index >= 15 is 0 Å². The van der Waals surface area contributed by atoms with Crippen molar-refractivity contribution < 1.29 is 9.47 Å². The van der Waals surface area contributed by atoms with E-state index in [1.165, 1.54) is 0 Å². The summed E-state index contributed by atoms with van der Waals surface area (Å²) in [6, 6.07) is 5.56. The van der Waals surface area contributed by atoms with Crippen LogP contribution in [0.3, 0.4) is 0 Å². The number of benzene rings is 1. The summed E-state index contributed by atoms with van der Waals surface area (Å²) in [6.45, 7) is 2.46. The van der Waals surface area contributed by atoms with Crippen LogP contribution in [0.2, 0.25) is 5.02 Å². The van der Waals surface area contributed by atoms with Gasteiger partial charge in [-0.15, -0.1) is 0 Å². The number of nitrogens with one attached hydrogen (secondary N) is 2. The van der Waals surface area contributed by atoms with Gasteiger partial charge in [0.25, 0.3) is 0 Å². The standard InChI is InChI=1S/C19H19ClN6O2/c1-12(5-6-27-2)28-18-13(7-21)3-4-16(17(18)20)14-8-22-19(23-9-14)26-15-10-24-25-11-15/h3-4,8-12H,5-6H2,1-2H3,(H,24,25)(H,22,23,26)/t12-/m0/s1. The van der Waals surface area contributed by atoms with Gasteiger partial charge in [0.1, 0.15) is 6.07 Å². The first-order chi connectivity index (χ1) is 13.6. The molecule has 2 N–H and O–H groups in total. The number of nitriles is 1. The first-order valence-corrected chi connectivity index (χ1v) is 8.96. The fraction of sp³-hybridized carbons (Fsp3) is 0.263. The SMILES string of the molecule is COCC[C@H](C)Oc1c(C#N)ccc(-c2cnc(Nc3cn[nH]c3)nc2)c1Cl. The second kappa shape index (κ2) is 9.17. The van der Waals surface area contributed by atoms with Crippen molar-refractivity contribution >= 4 is 23.2 Å². The van der Waals surface area contributed by atoms with Crippen LogP contribution in [0, 0.1) is 11.3 Å². The van der Waals surface area contributed by atoms with Crippen LogP contribution in [0.4, 0.5) is 11.6 Å². The molecule has 0 fully saturated rings. The predicted molar refractivity (Wildman–Crippen MR) is 106 cm³/mol. The highest BCUT2D eigenvalue weighted by Gasteiger charge is 2.17. The number of aromatic nitrogens is 4. The molecule has 0 unspecified atom stereocenters. The molecule has 1 aromatic carbocycles. The Morgan fingerprint density at radius 2 is 2.07 bits per heavy atom. The van der Waals surface area contributed by atoms with Gasteiger partial charge in [0.2, 0.25) is 5.95 Å². The van der Waals surface area contributed by atoms with E-state index in [2.05, 4.69) is 31.6 Å². The molecule has 1 atom stereocenters. The second-order valence-electron chi connectivity index (χ2n) is 6.03. The van der Waals surface area contributed by atoms with Crippen LogP contribution in [0.5, 0.6) is 5.75 Å². The number of H-pyrrole nitrogens is 1. The quantitative estimate of drug-likeness (QED) is 0.591. The Labute approximate surface area is 167 Å². The van der Waals surface area contributed by atoms with Crippen molar-refractivity contribution in [1.82, 2.24) is 20.2 Å². The van der Waals surface area contributed by atoms with Gasteiger partial charge >= 0.3 is 0 Å². The lowest BCUT2D eigenvalue weighted by Gasteiger charge is -2.18. The number of aromatic amines is 1. The highest BCUT2D eigenvalue weighted by molar-refractivity contribution is 6.35. The summed E-state index contributed by atoms with van der Waals surface area (Å²) in [6.07, 6.45) is 7.16. The summed E-state index contributed by atoms with van der Waals surface area (Å²) < 4.78 is 11.0. The largest absolute Gasteiger partial charge is 0.488 e. The highest BCUT2D eigenvalue weighted by Crippen LogP contribution is 2.38. The van der Waals surface area contributed by atoms with E-state index in [9.17, 15) is 5.26 Å². The number of methoxy groups -OCH3 is 1. The number of rotatable bonds is 8. The minimum atomic E-state index is -0.155. The normalized spacial score (nSPS) is 11.6. The molecule has 2 aromatic heterocycles. The van der Waals surface area contributed by atoms with Crippen molar-refractivity contribution in [2.75, 3.05) is 19.0 Å². The molecule has 0 aliphatic carbocycles. The van der Waals surface area contributed by atoms with E-state index in [1.54, 1.807) is 44.0 Å². The van der Waals surface area contributed by atoms with E-state index in [-0.39, 0.29) is 6.10 Å². The molecule has 28 heavy (non-hydrogen) atoms. The molecule has 0 amide bonds. The van der Waals surface area contributed by atoms with E-state index in [1.807, 2.05) is 6.92 Å². The van der Waals surface area contributed by atoms with Crippen molar-refractivity contribution in [2.45, 2.75) is 19.4 Å². The number of nitrogens with zero attached hydrogens (tertiary/aromatic N) is 4. The molecule has 0 saturated carbocycles. The van der Waals surface area contributed by atoms with E-state index < -0.39 is 0 Å². The molecule has 3 rings (SSSR count). The zero-order valence-electron chi connectivity index (χ0n) is 15.4. The molecule has 3 aromatic rings. The number of ether oxygens (including phenoxy) is 2. The van der Waals surface area contributed by atoms with Gasteiger partial charge in [0.05, 0.1) is 28.6 Å². The van der Waals surface area contributed by atoms with Gasteiger partial charge in [-0.2, -0.15) is 10.4 Å². The summed E-state index contributed by atoms with van der Waals surface area (Å²) in [5.74, 6) is 0.783. The van der Waals surface area contributed by atoms with Gasteiger partial charge in [0.15, 0.2) is 5.75 Å². The third-order valence-corrected chi connectivity index (χ3v) is 4.36. The van der Waals surface area contributed by atoms with Crippen LogP contribution in [0.1, 0.15) is 18.9 Å². The Kier molecular flexibility index (Phi) is 6.42. The molecule has 9 heteroatoms. The maximum atomic E-state index is 9.40. The van der Waals surface area contributed by atoms with Gasteiger partial charge in [-0.25, -0.2) is 9.97 Å². The highest BCUT2D eigenvalue weighted by atomic mass is 35.5. The molecule has 2 heterocycles. The van der Waals surface area contributed by atoms with Gasteiger partial charge in [-0.05, 0) is 13.0 Å². The fourth-order valence-corrected chi connectivity index (χ4v) is 2.82. The Hall–Kier alpha value is -3.15. The average Bonchev–Trinajstić information content (AvgIpc) is 3.21. The number of hydrogen-bond donors (Lipinski definition) is 2. The van der Waals surface area contributed by atoms with Crippen LogP contribution in [-0.2, 0) is 4.74 Å².